The van der Waals surface area contributed by atoms with Crippen LogP contribution in [0.1, 0.15) is 158 Å². The molecule has 248 valence electrons. The van der Waals surface area contributed by atoms with E-state index in [0.29, 0.717) is 24.6 Å². The van der Waals surface area contributed by atoms with Crippen LogP contribution in [0, 0.1) is 23.7 Å². The van der Waals surface area contributed by atoms with E-state index < -0.39 is 22.3 Å². The predicted octanol–water partition coefficient (Wildman–Crippen LogP) is 13.3. The molecule has 0 aliphatic rings. The molecule has 4 unspecified atom stereocenters. The summed E-state index contributed by atoms with van der Waals surface area (Å²) in [5.74, 6) is 1.09. The third-order valence-electron chi connectivity index (χ3n) is 8.91. The second kappa shape index (κ2) is 23.0. The minimum atomic E-state index is -3.83. The normalized spacial score (nSPS) is 19.5. The van der Waals surface area contributed by atoms with Crippen LogP contribution in [0.2, 0.25) is 0 Å². The van der Waals surface area contributed by atoms with E-state index in [1.54, 1.807) is 0 Å². The largest absolute Gasteiger partial charge is 0.338 e. The molecule has 0 spiro atoms. The molecule has 5 nitrogen and oxygen atoms in total. The average Bonchev–Trinajstić information content (AvgIpc) is 2.92. The highest BCUT2D eigenvalue weighted by atomic mass is 31.3. The number of rotatable bonds is 28. The Kier molecular flexibility index (Phi) is 23.4. The second-order valence-electron chi connectivity index (χ2n) is 13.0. The molecule has 0 aromatic rings. The lowest BCUT2D eigenvalue weighted by atomic mass is 10.0. The summed E-state index contributed by atoms with van der Waals surface area (Å²) < 4.78 is 56.0. The van der Waals surface area contributed by atoms with Crippen LogP contribution < -0.4 is 0 Å². The Morgan fingerprint density at radius 3 is 0.829 bits per heavy atom. The van der Waals surface area contributed by atoms with Gasteiger partial charge in [-0.25, -0.2) is 0 Å². The van der Waals surface area contributed by atoms with Crippen molar-refractivity contribution in [3.05, 3.63) is 0 Å². The molecule has 0 saturated heterocycles. The Bertz CT molecular complexity index is 683. The van der Waals surface area contributed by atoms with Crippen molar-refractivity contribution < 1.29 is 22.3 Å². The van der Waals surface area contributed by atoms with E-state index in [9.17, 15) is 13.7 Å². The predicted molar refractivity (Wildman–Crippen MR) is 184 cm³/mol. The molecule has 0 bridgehead atoms. The van der Waals surface area contributed by atoms with Gasteiger partial charge >= 0.3 is 7.60 Å². The lowest BCUT2D eigenvalue weighted by Crippen LogP contribution is -2.16. The van der Waals surface area contributed by atoms with Crippen molar-refractivity contribution in [1.82, 2.24) is 0 Å². The van der Waals surface area contributed by atoms with Crippen LogP contribution in [0.3, 0.4) is 0 Å². The van der Waals surface area contributed by atoms with Gasteiger partial charge in [-0.3, -0.25) is 22.3 Å². The van der Waals surface area contributed by atoms with Crippen molar-refractivity contribution in [1.29, 1.82) is 0 Å². The first kappa shape index (κ1) is 41.6. The summed E-state index contributed by atoms with van der Waals surface area (Å²) >= 11 is 0. The Labute approximate surface area is 257 Å². The van der Waals surface area contributed by atoms with Crippen LogP contribution in [0.5, 0.6) is 0 Å². The van der Waals surface area contributed by atoms with Crippen molar-refractivity contribution >= 4 is 22.3 Å². The lowest BCUT2D eigenvalue weighted by molar-refractivity contribution is 0.359. The summed E-state index contributed by atoms with van der Waals surface area (Å²) in [4.78, 5) is 0. The maximum atomic E-state index is 14.7. The fraction of sp³-hybridized carbons (Fsp3) is 1.00. The maximum absolute atomic E-state index is 14.7. The van der Waals surface area contributed by atoms with Gasteiger partial charge in [-0.1, -0.05) is 132 Å². The van der Waals surface area contributed by atoms with Crippen LogP contribution >= 0.6 is 22.3 Å². The summed E-state index contributed by atoms with van der Waals surface area (Å²) in [5, 5.41) is 0. The van der Waals surface area contributed by atoms with Crippen LogP contribution in [0.25, 0.3) is 0 Å². The average molecular weight is 641 g/mol. The van der Waals surface area contributed by atoms with Gasteiger partial charge in [0.2, 0.25) is 14.7 Å². The minimum Gasteiger partial charge on any atom is -0.292 e. The van der Waals surface area contributed by atoms with E-state index in [4.69, 9.17) is 8.62 Å². The standard InChI is InChI=1S/C33H71O5P3/c1-10-18-22-30(14-5)26-40(35,27-31(15-6)23-19-11-2)37-39(9,34)38-41(36,28-32(16-7)24-20-12-3)29-33(17-8)25-21-13-4/h30-33H,10-29H2,1-9H3. The van der Waals surface area contributed by atoms with Crippen molar-refractivity contribution in [2.45, 2.75) is 158 Å². The van der Waals surface area contributed by atoms with E-state index in [1.165, 1.54) is 6.66 Å². The molecule has 0 aromatic carbocycles. The molecule has 4 atom stereocenters. The Balaban J connectivity index is 6.24. The Hall–Kier alpha value is 0.610. The summed E-state index contributed by atoms with van der Waals surface area (Å²) in [6, 6.07) is 0. The number of hydrogen-bond acceptors (Lipinski definition) is 5. The topological polar surface area (TPSA) is 69.7 Å². The Morgan fingerprint density at radius 1 is 0.439 bits per heavy atom. The third kappa shape index (κ3) is 18.9. The van der Waals surface area contributed by atoms with E-state index >= 15 is 0 Å². The van der Waals surface area contributed by atoms with E-state index in [2.05, 4.69) is 55.4 Å². The van der Waals surface area contributed by atoms with E-state index in [0.717, 1.165) is 103 Å². The maximum Gasteiger partial charge on any atom is 0.338 e. The quantitative estimate of drug-likeness (QED) is 0.0796. The summed E-state index contributed by atoms with van der Waals surface area (Å²) in [5.41, 5.74) is 0. The summed E-state index contributed by atoms with van der Waals surface area (Å²) in [6.45, 7) is 18.8. The molecule has 0 saturated carbocycles. The zero-order valence-electron chi connectivity index (χ0n) is 28.8. The van der Waals surface area contributed by atoms with Crippen LogP contribution in [-0.2, 0) is 22.3 Å². The van der Waals surface area contributed by atoms with Crippen LogP contribution in [0.15, 0.2) is 0 Å². The van der Waals surface area contributed by atoms with Crippen molar-refractivity contribution in [3.8, 4) is 0 Å². The zero-order valence-corrected chi connectivity index (χ0v) is 31.5. The van der Waals surface area contributed by atoms with E-state index in [1.807, 2.05) is 0 Å². The highest BCUT2D eigenvalue weighted by molar-refractivity contribution is 7.75. The second-order valence-corrected chi connectivity index (χ2v) is 20.5. The fourth-order valence-electron chi connectivity index (χ4n) is 6.08. The monoisotopic (exact) mass is 640 g/mol. The number of hydrogen-bond donors (Lipinski definition) is 0. The van der Waals surface area contributed by atoms with Gasteiger partial charge in [-0.2, -0.15) is 0 Å². The van der Waals surface area contributed by atoms with Gasteiger partial charge < -0.3 is 0 Å². The van der Waals surface area contributed by atoms with E-state index in [-0.39, 0.29) is 23.7 Å². The first-order chi connectivity index (χ1) is 19.4. The highest BCUT2D eigenvalue weighted by Crippen LogP contribution is 2.71. The van der Waals surface area contributed by atoms with Gasteiger partial charge in [0.1, 0.15) is 0 Å². The van der Waals surface area contributed by atoms with Gasteiger partial charge in [0.25, 0.3) is 0 Å². The molecule has 0 aliphatic carbocycles. The van der Waals surface area contributed by atoms with Crippen molar-refractivity contribution in [3.63, 3.8) is 0 Å². The van der Waals surface area contributed by atoms with Crippen LogP contribution in [-0.4, -0.2) is 31.3 Å². The molecule has 0 amide bonds. The molecule has 0 radical (unpaired) electrons. The van der Waals surface area contributed by atoms with Gasteiger partial charge in [-0.15, -0.1) is 0 Å². The van der Waals surface area contributed by atoms with Crippen molar-refractivity contribution in [2.75, 3.05) is 31.3 Å². The molecule has 0 fully saturated rings. The molecule has 0 aliphatic heterocycles. The van der Waals surface area contributed by atoms with Gasteiger partial charge in [0.05, 0.1) is 0 Å². The molecule has 0 heterocycles. The fourth-order valence-corrected chi connectivity index (χ4v) is 17.1. The molecule has 8 heteroatoms. The zero-order chi connectivity index (χ0) is 31.4. The third-order valence-corrected chi connectivity index (χ3v) is 18.0. The summed E-state index contributed by atoms with van der Waals surface area (Å²) in [6.07, 6.45) is 18.3. The van der Waals surface area contributed by atoms with Crippen molar-refractivity contribution in [2.24, 2.45) is 23.7 Å². The van der Waals surface area contributed by atoms with Gasteiger partial charge in [0.15, 0.2) is 0 Å². The molecule has 0 rings (SSSR count). The summed E-state index contributed by atoms with van der Waals surface area (Å²) in [7, 11) is -10.4. The number of unbranched alkanes of at least 4 members (excludes halogenated alkanes) is 4. The lowest BCUT2D eigenvalue weighted by Gasteiger charge is -2.32. The molecule has 0 N–H and O–H groups in total. The van der Waals surface area contributed by atoms with Crippen LogP contribution in [0.4, 0.5) is 0 Å². The molecular formula is C33H71O5P3. The Morgan fingerprint density at radius 2 is 0.659 bits per heavy atom. The smallest absolute Gasteiger partial charge is 0.292 e. The van der Waals surface area contributed by atoms with Gasteiger partial charge in [0, 0.05) is 31.3 Å². The molecule has 41 heavy (non-hydrogen) atoms. The van der Waals surface area contributed by atoms with Gasteiger partial charge in [-0.05, 0) is 49.4 Å². The molecule has 0 aromatic heterocycles. The first-order valence-electron chi connectivity index (χ1n) is 17.5. The first-order valence-corrected chi connectivity index (χ1v) is 23.5. The minimum absolute atomic E-state index is 0.272. The highest BCUT2D eigenvalue weighted by Gasteiger charge is 2.41. The SMILES string of the molecule is CCCCC(CC)CP(=O)(CC(CC)CCCC)OP(C)(=O)OP(=O)(CC(CC)CCCC)CC(CC)CCCC. The molecular weight excluding hydrogens is 569 g/mol.